The molecule has 0 fully saturated rings. The first-order valence-electron chi connectivity index (χ1n) is 7.51. The van der Waals surface area contributed by atoms with Gasteiger partial charge in [0, 0.05) is 13.2 Å². The molecule has 0 radical (unpaired) electrons. The lowest BCUT2D eigenvalue weighted by Gasteiger charge is -2.15. The van der Waals surface area contributed by atoms with E-state index in [0.717, 1.165) is 44.9 Å². The number of hydrogen-bond acceptors (Lipinski definition) is 4. The van der Waals surface area contributed by atoms with Gasteiger partial charge in [0.25, 0.3) is 0 Å². The summed E-state index contributed by atoms with van der Waals surface area (Å²) in [5.74, 6) is -0.197. The van der Waals surface area contributed by atoms with Crippen LogP contribution in [0, 0.1) is 0 Å². The summed E-state index contributed by atoms with van der Waals surface area (Å²) in [5.41, 5.74) is 0. The smallest absolute Gasteiger partial charge is 0.322 e. The second kappa shape index (κ2) is 11.7. The van der Waals surface area contributed by atoms with Gasteiger partial charge in [-0.3, -0.25) is 4.79 Å². The molecule has 0 aromatic heterocycles. The Hall–Kier alpha value is 0.0869. The van der Waals surface area contributed by atoms with Crippen LogP contribution < -0.4 is 0 Å². The number of ether oxygens (including phenoxy) is 1. The number of rotatable bonds is 12. The van der Waals surface area contributed by atoms with Crippen LogP contribution in [0.4, 0.5) is 0 Å². The van der Waals surface area contributed by atoms with Crippen molar-refractivity contribution in [1.82, 2.24) is 0 Å². The summed E-state index contributed by atoms with van der Waals surface area (Å²) in [6.45, 7) is 9.61. The van der Waals surface area contributed by atoms with Crippen LogP contribution in [0.2, 0.25) is 6.04 Å². The van der Waals surface area contributed by atoms with E-state index in [1.54, 1.807) is 13.8 Å². The van der Waals surface area contributed by atoms with Crippen molar-refractivity contribution in [2.24, 2.45) is 0 Å². The first-order chi connectivity index (χ1) is 9.41. The molecule has 0 aliphatic rings. The fraction of sp³-hybridized carbons (Fsp3) is 0.929. The standard InChI is InChI=1S/C14H29BrO4Si/c1-5-18-20(19-6-2)12-10-8-7-9-11-17-13(16)14(3,4)15/h20H,5-12H2,1-4H3. The molecule has 0 N–H and O–H groups in total. The minimum absolute atomic E-state index is 0.197. The van der Waals surface area contributed by atoms with Crippen LogP contribution in [-0.4, -0.2) is 39.4 Å². The maximum absolute atomic E-state index is 11.5. The van der Waals surface area contributed by atoms with Gasteiger partial charge in [-0.05, 0) is 40.2 Å². The fourth-order valence-corrected chi connectivity index (χ4v) is 3.60. The van der Waals surface area contributed by atoms with Crippen LogP contribution in [0.3, 0.4) is 0 Å². The third-order valence-electron chi connectivity index (χ3n) is 2.76. The number of halogens is 1. The summed E-state index contributed by atoms with van der Waals surface area (Å²) in [5, 5.41) is 0. The zero-order valence-corrected chi connectivity index (χ0v) is 16.0. The summed E-state index contributed by atoms with van der Waals surface area (Å²) >= 11 is 3.29. The Morgan fingerprint density at radius 3 is 2.10 bits per heavy atom. The SMILES string of the molecule is CCO[SiH](CCCCCCOC(=O)C(C)(C)Br)OCC. The number of carbonyl (C=O) groups excluding carboxylic acids is 1. The van der Waals surface area contributed by atoms with Gasteiger partial charge in [-0.15, -0.1) is 0 Å². The molecular weight excluding hydrogens is 340 g/mol. The molecule has 20 heavy (non-hydrogen) atoms. The van der Waals surface area contributed by atoms with E-state index in [1.165, 1.54) is 0 Å². The van der Waals surface area contributed by atoms with Crippen molar-refractivity contribution in [2.75, 3.05) is 19.8 Å². The van der Waals surface area contributed by atoms with E-state index < -0.39 is 13.6 Å². The number of hydrogen-bond donors (Lipinski definition) is 0. The molecule has 0 atom stereocenters. The van der Waals surface area contributed by atoms with Gasteiger partial charge in [-0.25, -0.2) is 0 Å². The molecule has 0 heterocycles. The average molecular weight is 369 g/mol. The zero-order chi connectivity index (χ0) is 15.4. The quantitative estimate of drug-likeness (QED) is 0.228. The highest BCUT2D eigenvalue weighted by molar-refractivity contribution is 9.10. The third-order valence-corrected chi connectivity index (χ3v) is 5.37. The third kappa shape index (κ3) is 10.8. The van der Waals surface area contributed by atoms with Crippen molar-refractivity contribution in [2.45, 2.75) is 63.7 Å². The normalized spacial score (nSPS) is 11.9. The van der Waals surface area contributed by atoms with Crippen LogP contribution in [0.25, 0.3) is 0 Å². The monoisotopic (exact) mass is 368 g/mol. The summed E-state index contributed by atoms with van der Waals surface area (Å²) in [6, 6.07) is 1.07. The lowest BCUT2D eigenvalue weighted by molar-refractivity contribution is -0.145. The fourth-order valence-electron chi connectivity index (χ4n) is 1.69. The van der Waals surface area contributed by atoms with Crippen molar-refractivity contribution in [3.05, 3.63) is 0 Å². The summed E-state index contributed by atoms with van der Waals surface area (Å²) in [4.78, 5) is 11.5. The van der Waals surface area contributed by atoms with Crippen LogP contribution >= 0.6 is 15.9 Å². The van der Waals surface area contributed by atoms with E-state index in [9.17, 15) is 4.79 Å². The second-order valence-electron chi connectivity index (χ2n) is 5.15. The lowest BCUT2D eigenvalue weighted by Crippen LogP contribution is -2.26. The largest absolute Gasteiger partial charge is 0.465 e. The van der Waals surface area contributed by atoms with Gasteiger partial charge in [0.2, 0.25) is 0 Å². The maximum Gasteiger partial charge on any atom is 0.322 e. The number of alkyl halides is 1. The molecule has 0 saturated heterocycles. The van der Waals surface area contributed by atoms with Gasteiger partial charge >= 0.3 is 15.3 Å². The first-order valence-corrected chi connectivity index (χ1v) is 10.1. The Morgan fingerprint density at radius 2 is 1.60 bits per heavy atom. The molecular formula is C14H29BrO4Si. The number of esters is 1. The van der Waals surface area contributed by atoms with Crippen molar-refractivity contribution in [3.8, 4) is 0 Å². The molecule has 0 spiro atoms. The molecule has 120 valence electrons. The number of carbonyl (C=O) groups is 1. The molecule has 0 amide bonds. The summed E-state index contributed by atoms with van der Waals surface area (Å²) in [6.07, 6.45) is 4.27. The van der Waals surface area contributed by atoms with Crippen molar-refractivity contribution < 1.29 is 18.4 Å². The zero-order valence-electron chi connectivity index (χ0n) is 13.2. The average Bonchev–Trinajstić information content (AvgIpc) is 2.36. The topological polar surface area (TPSA) is 44.8 Å². The molecule has 0 aliphatic carbocycles. The minimum Gasteiger partial charge on any atom is -0.465 e. The molecule has 0 aliphatic heterocycles. The summed E-state index contributed by atoms with van der Waals surface area (Å²) < 4.78 is 15.8. The Morgan fingerprint density at radius 1 is 1.05 bits per heavy atom. The van der Waals surface area contributed by atoms with Gasteiger partial charge in [0.15, 0.2) is 0 Å². The van der Waals surface area contributed by atoms with Gasteiger partial charge in [0.05, 0.1) is 6.61 Å². The molecule has 0 aromatic rings. The summed E-state index contributed by atoms with van der Waals surface area (Å²) in [7, 11) is -1.42. The van der Waals surface area contributed by atoms with E-state index >= 15 is 0 Å². The van der Waals surface area contributed by atoms with Gasteiger partial charge in [-0.2, -0.15) is 0 Å². The molecule has 0 bridgehead atoms. The Bertz CT molecular complexity index is 250. The maximum atomic E-state index is 11.5. The van der Waals surface area contributed by atoms with E-state index in [1.807, 2.05) is 13.8 Å². The molecule has 0 saturated carbocycles. The van der Waals surface area contributed by atoms with Crippen LogP contribution in [0.5, 0.6) is 0 Å². The molecule has 6 heteroatoms. The predicted octanol–water partition coefficient (Wildman–Crippen LogP) is 3.56. The highest BCUT2D eigenvalue weighted by Gasteiger charge is 2.24. The van der Waals surface area contributed by atoms with E-state index in [4.69, 9.17) is 13.6 Å². The van der Waals surface area contributed by atoms with Crippen molar-refractivity contribution >= 4 is 31.2 Å². The van der Waals surface area contributed by atoms with Crippen LogP contribution in [-0.2, 0) is 18.4 Å². The Balaban J connectivity index is 3.50. The number of unbranched alkanes of at least 4 members (excludes halogenated alkanes) is 3. The van der Waals surface area contributed by atoms with Crippen molar-refractivity contribution in [3.63, 3.8) is 0 Å². The second-order valence-corrected chi connectivity index (χ2v) is 9.24. The Labute approximate surface area is 133 Å². The van der Waals surface area contributed by atoms with Gasteiger partial charge in [-0.1, -0.05) is 35.2 Å². The lowest BCUT2D eigenvalue weighted by atomic mass is 10.2. The van der Waals surface area contributed by atoms with E-state index in [-0.39, 0.29) is 5.97 Å². The van der Waals surface area contributed by atoms with Gasteiger partial charge < -0.3 is 13.6 Å². The predicted molar refractivity (Wildman–Crippen MR) is 87.6 cm³/mol. The minimum atomic E-state index is -1.42. The van der Waals surface area contributed by atoms with Crippen molar-refractivity contribution in [1.29, 1.82) is 0 Å². The highest BCUT2D eigenvalue weighted by atomic mass is 79.9. The van der Waals surface area contributed by atoms with E-state index in [2.05, 4.69) is 15.9 Å². The highest BCUT2D eigenvalue weighted by Crippen LogP contribution is 2.17. The molecule has 0 rings (SSSR count). The first kappa shape index (κ1) is 20.1. The molecule has 4 nitrogen and oxygen atoms in total. The molecule has 0 aromatic carbocycles. The van der Waals surface area contributed by atoms with E-state index in [0.29, 0.717) is 6.61 Å². The van der Waals surface area contributed by atoms with Crippen LogP contribution in [0.1, 0.15) is 53.4 Å². The van der Waals surface area contributed by atoms with Crippen LogP contribution in [0.15, 0.2) is 0 Å². The van der Waals surface area contributed by atoms with Gasteiger partial charge in [0.1, 0.15) is 4.32 Å². The Kier molecular flexibility index (Phi) is 11.8. The molecule has 0 unspecified atom stereocenters.